The number of hydrogen-bond acceptors (Lipinski definition) is 7. The Morgan fingerprint density at radius 2 is 2.17 bits per heavy atom. The molecule has 3 atom stereocenters. The molecule has 0 aromatic heterocycles. The number of fused-ring (bicyclic) bond motifs is 1. The van der Waals surface area contributed by atoms with Crippen LogP contribution in [0.1, 0.15) is 36.3 Å². The Kier molecular flexibility index (Phi) is 7.08. The first kappa shape index (κ1) is 23.5. The zero-order chi connectivity index (χ0) is 24.2. The summed E-state index contributed by atoms with van der Waals surface area (Å²) in [7, 11) is 3.79. The second-order valence-electron chi connectivity index (χ2n) is 9.62. The molecule has 35 heavy (non-hydrogen) atoms. The van der Waals surface area contributed by atoms with Gasteiger partial charge in [-0.3, -0.25) is 4.79 Å². The minimum Gasteiger partial charge on any atom is -0.497 e. The van der Waals surface area contributed by atoms with Crippen molar-refractivity contribution in [1.29, 1.82) is 0 Å². The van der Waals surface area contributed by atoms with Gasteiger partial charge in [-0.2, -0.15) is 5.10 Å². The van der Waals surface area contributed by atoms with E-state index in [1.54, 1.807) is 7.11 Å². The summed E-state index contributed by atoms with van der Waals surface area (Å²) >= 11 is 0. The molecular weight excluding hydrogens is 444 g/mol. The van der Waals surface area contributed by atoms with E-state index < -0.39 is 0 Å². The topological polar surface area (TPSA) is 84.4 Å². The van der Waals surface area contributed by atoms with Crippen molar-refractivity contribution in [1.82, 2.24) is 10.3 Å². The summed E-state index contributed by atoms with van der Waals surface area (Å²) in [6, 6.07) is 12.1. The molecule has 1 saturated heterocycles. The van der Waals surface area contributed by atoms with Crippen LogP contribution in [0.4, 0.5) is 5.69 Å². The van der Waals surface area contributed by atoms with E-state index in [-0.39, 0.29) is 17.7 Å². The van der Waals surface area contributed by atoms with E-state index in [4.69, 9.17) is 14.2 Å². The van der Waals surface area contributed by atoms with Crippen molar-refractivity contribution < 1.29 is 19.0 Å². The lowest BCUT2D eigenvalue weighted by molar-refractivity contribution is -0.121. The number of hydrazone groups is 1. The van der Waals surface area contributed by atoms with E-state index in [0.717, 1.165) is 42.1 Å². The summed E-state index contributed by atoms with van der Waals surface area (Å²) in [4.78, 5) is 15.6. The third kappa shape index (κ3) is 5.37. The average molecular weight is 479 g/mol. The van der Waals surface area contributed by atoms with E-state index >= 15 is 0 Å². The van der Waals surface area contributed by atoms with Crippen LogP contribution in [0.15, 0.2) is 41.5 Å². The second kappa shape index (κ2) is 10.6. The van der Waals surface area contributed by atoms with Gasteiger partial charge in [0.25, 0.3) is 0 Å². The number of carbonyl (C=O) groups excluding carboxylic acids is 1. The van der Waals surface area contributed by atoms with Gasteiger partial charge in [-0.25, -0.2) is 0 Å². The number of anilines is 1. The number of piperidine rings is 1. The summed E-state index contributed by atoms with van der Waals surface area (Å²) in [5.74, 6) is 2.10. The summed E-state index contributed by atoms with van der Waals surface area (Å²) in [5, 5.41) is 7.27. The first-order chi connectivity index (χ1) is 17.1. The van der Waals surface area contributed by atoms with Gasteiger partial charge in [0.05, 0.1) is 18.7 Å². The van der Waals surface area contributed by atoms with Crippen molar-refractivity contribution in [3.05, 3.63) is 47.5 Å². The average Bonchev–Trinajstić information content (AvgIpc) is 3.43. The zero-order valence-electron chi connectivity index (χ0n) is 20.5. The molecule has 8 nitrogen and oxygen atoms in total. The Bertz CT molecular complexity index is 1090. The van der Waals surface area contributed by atoms with Gasteiger partial charge in [0.15, 0.2) is 0 Å². The van der Waals surface area contributed by atoms with E-state index in [1.165, 1.54) is 12.8 Å². The molecule has 0 bridgehead atoms. The molecule has 8 heteroatoms. The molecule has 3 aliphatic rings. The quantitative estimate of drug-likeness (QED) is 0.635. The van der Waals surface area contributed by atoms with Gasteiger partial charge in [-0.15, -0.1) is 0 Å². The van der Waals surface area contributed by atoms with E-state index in [0.29, 0.717) is 37.1 Å². The largest absolute Gasteiger partial charge is 0.497 e. The number of nitrogens with one attached hydrogen (secondary N) is 2. The van der Waals surface area contributed by atoms with Crippen LogP contribution in [0, 0.1) is 5.92 Å². The molecule has 2 aromatic carbocycles. The molecular formula is C27H34N4O4. The van der Waals surface area contributed by atoms with Crippen LogP contribution in [0.5, 0.6) is 17.2 Å². The number of hydrogen-bond donors (Lipinski definition) is 2. The maximum atomic E-state index is 13.3. The monoisotopic (exact) mass is 478 g/mol. The van der Waals surface area contributed by atoms with Crippen LogP contribution in [0.25, 0.3) is 0 Å². The Morgan fingerprint density at radius 1 is 1.26 bits per heavy atom. The third-order valence-corrected chi connectivity index (χ3v) is 7.25. The zero-order valence-corrected chi connectivity index (χ0v) is 20.5. The first-order valence-corrected chi connectivity index (χ1v) is 12.4. The van der Waals surface area contributed by atoms with Crippen LogP contribution < -0.4 is 25.0 Å². The molecule has 3 heterocycles. The highest BCUT2D eigenvalue weighted by Crippen LogP contribution is 2.33. The third-order valence-electron chi connectivity index (χ3n) is 7.25. The van der Waals surface area contributed by atoms with Crippen molar-refractivity contribution in [2.75, 3.05) is 45.8 Å². The molecule has 0 radical (unpaired) electrons. The molecule has 0 saturated carbocycles. The Hall–Kier alpha value is -3.26. The molecule has 5 rings (SSSR count). The number of likely N-dealkylation sites (tertiary alicyclic amines) is 1. The van der Waals surface area contributed by atoms with E-state index in [9.17, 15) is 4.79 Å². The second-order valence-corrected chi connectivity index (χ2v) is 9.62. The lowest BCUT2D eigenvalue weighted by Crippen LogP contribution is -2.40. The van der Waals surface area contributed by atoms with Crippen LogP contribution >= 0.6 is 0 Å². The van der Waals surface area contributed by atoms with Gasteiger partial charge < -0.3 is 29.9 Å². The van der Waals surface area contributed by atoms with Crippen molar-refractivity contribution in [3.63, 3.8) is 0 Å². The molecule has 1 fully saturated rings. The first-order valence-electron chi connectivity index (χ1n) is 12.4. The molecule has 2 aromatic rings. The molecule has 3 unspecified atom stereocenters. The summed E-state index contributed by atoms with van der Waals surface area (Å²) in [6.07, 6.45) is 6.09. The molecule has 2 N–H and O–H groups in total. The van der Waals surface area contributed by atoms with Crippen LogP contribution in [-0.4, -0.2) is 63.5 Å². The van der Waals surface area contributed by atoms with E-state index in [2.05, 4.69) is 27.8 Å². The lowest BCUT2D eigenvalue weighted by atomic mass is 9.95. The minimum absolute atomic E-state index is 0.0741. The molecule has 3 aliphatic heterocycles. The predicted molar refractivity (Wildman–Crippen MR) is 136 cm³/mol. The highest BCUT2D eigenvalue weighted by Gasteiger charge is 2.28. The van der Waals surface area contributed by atoms with Crippen molar-refractivity contribution in [2.45, 2.75) is 37.6 Å². The Morgan fingerprint density at radius 3 is 2.97 bits per heavy atom. The van der Waals surface area contributed by atoms with Crippen molar-refractivity contribution in [3.8, 4) is 17.2 Å². The molecule has 0 spiro atoms. The number of likely N-dealkylation sites (N-methyl/N-ethyl adjacent to an activating group) is 1. The predicted octanol–water partition coefficient (Wildman–Crippen LogP) is 3.42. The maximum Gasteiger partial charge on any atom is 0.231 e. The highest BCUT2D eigenvalue weighted by molar-refractivity contribution is 5.94. The smallest absolute Gasteiger partial charge is 0.231 e. The van der Waals surface area contributed by atoms with Crippen LogP contribution in [-0.2, 0) is 11.2 Å². The summed E-state index contributed by atoms with van der Waals surface area (Å²) in [6.45, 7) is 2.80. The van der Waals surface area contributed by atoms with Gasteiger partial charge in [0.1, 0.15) is 30.5 Å². The maximum absolute atomic E-state index is 13.3. The minimum atomic E-state index is -0.294. The lowest BCUT2D eigenvalue weighted by Gasteiger charge is -2.32. The fourth-order valence-electron chi connectivity index (χ4n) is 4.98. The fraction of sp³-hybridized carbons (Fsp3) is 0.481. The Labute approximate surface area is 206 Å². The van der Waals surface area contributed by atoms with Gasteiger partial charge in [0, 0.05) is 24.7 Å². The van der Waals surface area contributed by atoms with Crippen molar-refractivity contribution >= 4 is 17.8 Å². The number of ether oxygens (including phenoxy) is 3. The van der Waals surface area contributed by atoms with Gasteiger partial charge in [-0.1, -0.05) is 12.5 Å². The van der Waals surface area contributed by atoms with Gasteiger partial charge >= 0.3 is 0 Å². The highest BCUT2D eigenvalue weighted by atomic mass is 16.5. The molecule has 1 amide bonds. The normalized spacial score (nSPS) is 23.7. The van der Waals surface area contributed by atoms with E-state index in [1.807, 2.05) is 42.6 Å². The van der Waals surface area contributed by atoms with Crippen molar-refractivity contribution in [2.24, 2.45) is 11.0 Å². The molecule has 0 aliphatic carbocycles. The summed E-state index contributed by atoms with van der Waals surface area (Å²) in [5.41, 5.74) is 5.81. The number of rotatable bonds is 7. The number of methoxy groups -OCH3 is 1. The van der Waals surface area contributed by atoms with Crippen LogP contribution in [0.3, 0.4) is 0 Å². The molecule has 186 valence electrons. The van der Waals surface area contributed by atoms with Gasteiger partial charge in [0.2, 0.25) is 5.91 Å². The standard InChI is InChI=1S/C27H34N4O4/c1-31-10-4-3-5-22(31)17-35-26-13-18(21-14-28-29-15-21)6-8-24(26)30-27(32)20-11-19-12-23(33-2)7-9-25(19)34-16-20/h6-9,12-14,20-22,29H,3-5,10-11,15-17H2,1-2H3,(H,30,32). The fourth-order valence-corrected chi connectivity index (χ4v) is 4.98. The van der Waals surface area contributed by atoms with Crippen LogP contribution in [0.2, 0.25) is 0 Å². The number of benzene rings is 2. The number of nitrogens with zero attached hydrogens (tertiary/aromatic N) is 2. The number of carbonyl (C=O) groups is 1. The summed E-state index contributed by atoms with van der Waals surface area (Å²) < 4.78 is 17.6. The van der Waals surface area contributed by atoms with Gasteiger partial charge in [-0.05, 0) is 74.3 Å². The Balaban J connectivity index is 1.32. The number of amides is 1. The SMILES string of the molecule is COc1ccc2c(c1)CC(C(=O)Nc1ccc(C3C=NNC3)cc1OCC1CCCCN1C)CO2.